The van der Waals surface area contributed by atoms with Crippen LogP contribution in [-0.4, -0.2) is 30.8 Å². The molecule has 3 rings (SSSR count). The lowest BCUT2D eigenvalue weighted by Crippen LogP contribution is -2.08. The van der Waals surface area contributed by atoms with E-state index in [9.17, 15) is 4.79 Å². The maximum Gasteiger partial charge on any atom is 0.221 e. The zero-order valence-corrected chi connectivity index (χ0v) is 11.5. The quantitative estimate of drug-likeness (QED) is 0.737. The number of aromatic nitrogens is 5. The van der Waals surface area contributed by atoms with Crippen LogP contribution in [0, 0.1) is 0 Å². The molecule has 3 N–H and O–H groups in total. The smallest absolute Gasteiger partial charge is 0.221 e. The molecule has 0 aliphatic carbocycles. The fraction of sp³-hybridized carbons (Fsp3) is 0.250. The highest BCUT2D eigenvalue weighted by molar-refractivity contribution is 5.99. The fourth-order valence-electron chi connectivity index (χ4n) is 2.21. The largest absolute Gasteiger partial charge is 0.379 e. The van der Waals surface area contributed by atoms with E-state index in [1.807, 2.05) is 11.5 Å². The molecule has 1 amide bonds. The minimum Gasteiger partial charge on any atom is -0.379 e. The van der Waals surface area contributed by atoms with Crippen molar-refractivity contribution in [3.05, 3.63) is 12.4 Å². The lowest BCUT2D eigenvalue weighted by molar-refractivity contribution is -0.114. The van der Waals surface area contributed by atoms with E-state index in [1.165, 1.54) is 6.92 Å². The minimum absolute atomic E-state index is 0.161. The van der Waals surface area contributed by atoms with Gasteiger partial charge in [-0.05, 0) is 17.2 Å². The van der Waals surface area contributed by atoms with Crippen molar-refractivity contribution in [2.45, 2.75) is 20.4 Å². The molecule has 21 heavy (non-hydrogen) atoms. The number of nitrogens with two attached hydrogens (primary N) is 1. The SMILES string of the molecule is CCn1c(-c2nonc2N)nc2cncc(NC(C)=O)c21. The predicted molar refractivity (Wildman–Crippen MR) is 75.2 cm³/mol. The first-order valence-corrected chi connectivity index (χ1v) is 6.32. The van der Waals surface area contributed by atoms with Gasteiger partial charge in [0.1, 0.15) is 5.52 Å². The van der Waals surface area contributed by atoms with Crippen molar-refractivity contribution in [3.63, 3.8) is 0 Å². The van der Waals surface area contributed by atoms with Gasteiger partial charge in [0.15, 0.2) is 17.3 Å². The van der Waals surface area contributed by atoms with Crippen LogP contribution in [0.5, 0.6) is 0 Å². The van der Waals surface area contributed by atoms with Crippen LogP contribution >= 0.6 is 0 Å². The van der Waals surface area contributed by atoms with Gasteiger partial charge in [0.05, 0.1) is 23.6 Å². The summed E-state index contributed by atoms with van der Waals surface area (Å²) >= 11 is 0. The molecule has 3 aromatic rings. The molecule has 9 heteroatoms. The molecule has 0 saturated carbocycles. The second-order valence-corrected chi connectivity index (χ2v) is 4.41. The van der Waals surface area contributed by atoms with Gasteiger partial charge in [0.25, 0.3) is 0 Å². The Hall–Kier alpha value is -2.97. The Kier molecular flexibility index (Phi) is 3.01. The number of hydrogen-bond donors (Lipinski definition) is 2. The number of carbonyl (C=O) groups is 1. The van der Waals surface area contributed by atoms with Crippen molar-refractivity contribution in [2.24, 2.45) is 0 Å². The highest BCUT2D eigenvalue weighted by Gasteiger charge is 2.20. The van der Waals surface area contributed by atoms with E-state index >= 15 is 0 Å². The summed E-state index contributed by atoms with van der Waals surface area (Å²) in [5.41, 5.74) is 8.05. The summed E-state index contributed by atoms with van der Waals surface area (Å²) in [6.07, 6.45) is 3.19. The first-order chi connectivity index (χ1) is 10.1. The number of amides is 1. The molecule has 0 spiro atoms. The van der Waals surface area contributed by atoms with Crippen molar-refractivity contribution >= 4 is 28.4 Å². The molecule has 0 atom stereocenters. The number of nitrogen functional groups attached to an aromatic ring is 1. The highest BCUT2D eigenvalue weighted by Crippen LogP contribution is 2.30. The van der Waals surface area contributed by atoms with Crippen LogP contribution in [0.4, 0.5) is 11.5 Å². The molecule has 108 valence electrons. The Balaban J connectivity index is 2.29. The minimum atomic E-state index is -0.183. The number of fused-ring (bicyclic) bond motifs is 1. The van der Waals surface area contributed by atoms with Crippen LogP contribution in [0.3, 0.4) is 0 Å². The Morgan fingerprint density at radius 3 is 2.86 bits per heavy atom. The maximum atomic E-state index is 11.3. The second-order valence-electron chi connectivity index (χ2n) is 4.41. The van der Waals surface area contributed by atoms with Crippen LogP contribution < -0.4 is 11.1 Å². The molecular weight excluding hydrogens is 274 g/mol. The maximum absolute atomic E-state index is 11.3. The number of pyridine rings is 1. The Morgan fingerprint density at radius 2 is 2.24 bits per heavy atom. The topological polar surface area (TPSA) is 125 Å². The Morgan fingerprint density at radius 1 is 1.43 bits per heavy atom. The molecule has 9 nitrogen and oxygen atoms in total. The van der Waals surface area contributed by atoms with Gasteiger partial charge in [-0.2, -0.15) is 0 Å². The van der Waals surface area contributed by atoms with Gasteiger partial charge in [-0.25, -0.2) is 9.61 Å². The number of rotatable bonds is 3. The summed E-state index contributed by atoms with van der Waals surface area (Å²) in [7, 11) is 0. The fourth-order valence-corrected chi connectivity index (χ4v) is 2.21. The van der Waals surface area contributed by atoms with Gasteiger partial charge in [0, 0.05) is 13.5 Å². The van der Waals surface area contributed by atoms with Gasteiger partial charge in [0.2, 0.25) is 5.91 Å². The molecule has 0 fully saturated rings. The third-order valence-electron chi connectivity index (χ3n) is 3.00. The molecule has 3 aromatic heterocycles. The van der Waals surface area contributed by atoms with Crippen molar-refractivity contribution in [1.82, 2.24) is 24.8 Å². The third-order valence-corrected chi connectivity index (χ3v) is 3.00. The van der Waals surface area contributed by atoms with Crippen LogP contribution in [0.25, 0.3) is 22.6 Å². The lowest BCUT2D eigenvalue weighted by Gasteiger charge is -2.08. The number of carbonyl (C=O) groups excluding carboxylic acids is 1. The molecular formula is C12H13N7O2. The summed E-state index contributed by atoms with van der Waals surface area (Å²) in [6.45, 7) is 3.99. The second kappa shape index (κ2) is 4.85. The predicted octanol–water partition coefficient (Wildman–Crippen LogP) is 1.04. The molecule has 0 radical (unpaired) electrons. The van der Waals surface area contributed by atoms with Gasteiger partial charge in [-0.3, -0.25) is 9.78 Å². The number of imidazole rings is 1. The molecule has 0 aliphatic heterocycles. The van der Waals surface area contributed by atoms with Crippen molar-refractivity contribution in [2.75, 3.05) is 11.1 Å². The average molecular weight is 287 g/mol. The van der Waals surface area contributed by atoms with E-state index in [0.717, 1.165) is 5.52 Å². The molecule has 0 aliphatic rings. The van der Waals surface area contributed by atoms with Gasteiger partial charge in [-0.1, -0.05) is 0 Å². The van der Waals surface area contributed by atoms with E-state index in [2.05, 4.69) is 30.2 Å². The summed E-state index contributed by atoms with van der Waals surface area (Å²) < 4.78 is 6.50. The van der Waals surface area contributed by atoms with Crippen LogP contribution in [-0.2, 0) is 11.3 Å². The Bertz CT molecular complexity index is 820. The van der Waals surface area contributed by atoms with E-state index < -0.39 is 0 Å². The zero-order valence-electron chi connectivity index (χ0n) is 11.5. The average Bonchev–Trinajstić information content (AvgIpc) is 3.01. The van der Waals surface area contributed by atoms with Crippen molar-refractivity contribution in [3.8, 4) is 11.5 Å². The monoisotopic (exact) mass is 287 g/mol. The van der Waals surface area contributed by atoms with Gasteiger partial charge >= 0.3 is 0 Å². The highest BCUT2D eigenvalue weighted by atomic mass is 16.6. The standard InChI is InChI=1S/C12H13N7O2/c1-3-19-10-7(15-6(2)20)4-14-5-8(10)16-12(19)9-11(13)18-21-17-9/h4-5H,3H2,1-2H3,(H2,13,18)(H,15,20). The van der Waals surface area contributed by atoms with Crippen molar-refractivity contribution < 1.29 is 9.42 Å². The number of aryl methyl sites for hydroxylation is 1. The normalized spacial score (nSPS) is 11.0. The molecule has 0 saturated heterocycles. The van der Waals surface area contributed by atoms with Gasteiger partial charge < -0.3 is 15.6 Å². The summed E-state index contributed by atoms with van der Waals surface area (Å²) in [5, 5.41) is 10.1. The van der Waals surface area contributed by atoms with Crippen LogP contribution in [0.2, 0.25) is 0 Å². The molecule has 3 heterocycles. The Labute approximate surface area is 119 Å². The summed E-state index contributed by atoms with van der Waals surface area (Å²) in [5.74, 6) is 0.497. The molecule has 0 aromatic carbocycles. The van der Waals surface area contributed by atoms with Crippen LogP contribution in [0.1, 0.15) is 13.8 Å². The van der Waals surface area contributed by atoms with E-state index in [1.54, 1.807) is 12.4 Å². The number of anilines is 2. The number of hydrogen-bond acceptors (Lipinski definition) is 7. The van der Waals surface area contributed by atoms with Crippen LogP contribution in [0.15, 0.2) is 17.0 Å². The number of nitrogens with one attached hydrogen (secondary N) is 1. The zero-order chi connectivity index (χ0) is 15.0. The first-order valence-electron chi connectivity index (χ1n) is 6.32. The van der Waals surface area contributed by atoms with E-state index in [0.29, 0.717) is 29.3 Å². The molecule has 0 bridgehead atoms. The van der Waals surface area contributed by atoms with Gasteiger partial charge in [-0.15, -0.1) is 0 Å². The third kappa shape index (κ3) is 2.08. The summed E-state index contributed by atoms with van der Waals surface area (Å²) in [6, 6.07) is 0. The van der Waals surface area contributed by atoms with Crippen molar-refractivity contribution in [1.29, 1.82) is 0 Å². The van der Waals surface area contributed by atoms with E-state index in [-0.39, 0.29) is 11.7 Å². The lowest BCUT2D eigenvalue weighted by atomic mass is 10.3. The number of nitrogens with zero attached hydrogens (tertiary/aromatic N) is 5. The summed E-state index contributed by atoms with van der Waals surface area (Å²) in [4.78, 5) is 19.9. The van der Waals surface area contributed by atoms with E-state index in [4.69, 9.17) is 5.73 Å². The first kappa shape index (κ1) is 13.0. The molecule has 0 unspecified atom stereocenters.